The molecule has 11 heteroatoms. The van der Waals surface area contributed by atoms with Crippen LogP contribution in [0.5, 0.6) is 11.5 Å². The van der Waals surface area contributed by atoms with E-state index in [-0.39, 0.29) is 86.8 Å². The van der Waals surface area contributed by atoms with Crippen LogP contribution >= 0.6 is 0 Å². The molecular weight excluding hydrogens is 1140 g/mol. The molecule has 9 aromatic rings. The van der Waals surface area contributed by atoms with E-state index >= 15 is 0 Å². The van der Waals surface area contributed by atoms with Crippen LogP contribution in [0.2, 0.25) is 0 Å². The van der Waals surface area contributed by atoms with Gasteiger partial charge in [-0.1, -0.05) is 148 Å². The van der Waals surface area contributed by atoms with Gasteiger partial charge in [-0.15, -0.1) is 53.6 Å². The van der Waals surface area contributed by atoms with Gasteiger partial charge < -0.3 is 33.3 Å². The van der Waals surface area contributed by atoms with Gasteiger partial charge in [0.1, 0.15) is 0 Å². The standard InChI is InChI=1S/C67H54B2N7O.Pt/c1-45(2)51-21-16-22-52(46(3)4)65(51)47-40-48(42-50(41-47)77-49-32-33-54-53-20-6-8-28-60(53)76(64(54)43-49)67-70-59-27-7-9-29-61(59)71(67)5)74-44-75(63-31-11-10-30-62(63)74)66-55(57-25-18-38-72-36-14-12-34-68(57)72)23-17-24-56(66)58-26-19-39-73-37-15-13-35-69(58)73;/h6-41,44-46H,1-5H3;/q-3;/i5D3,6D,8D,20D,28D;. The summed E-state index contributed by atoms with van der Waals surface area (Å²) in [5.74, 6) is 5.35. The zero-order chi connectivity index (χ0) is 57.9. The molecule has 7 aromatic carbocycles. The van der Waals surface area contributed by atoms with Gasteiger partial charge in [-0.05, 0) is 135 Å². The summed E-state index contributed by atoms with van der Waals surface area (Å²) in [6.45, 7) is 8.19. The van der Waals surface area contributed by atoms with Crippen molar-refractivity contribution in [2.75, 3.05) is 9.80 Å². The summed E-state index contributed by atoms with van der Waals surface area (Å²) in [5, 5.41) is 0.610. The fourth-order valence-electron chi connectivity index (χ4n) is 11.7. The van der Waals surface area contributed by atoms with Gasteiger partial charge in [0, 0.05) is 66.2 Å². The number of fused-ring (bicyclic) bond motifs is 7. The zero-order valence-electron chi connectivity index (χ0n) is 50.2. The molecule has 78 heavy (non-hydrogen) atoms. The molecule has 0 unspecified atom stereocenters. The molecule has 5 aliphatic rings. The number of ether oxygens (including phenoxy) is 1. The monoisotopic (exact) mass is 1200 g/mol. The second kappa shape index (κ2) is 19.8. The van der Waals surface area contributed by atoms with Crippen molar-refractivity contribution in [1.82, 2.24) is 23.7 Å². The number of imidazole rings is 1. The molecule has 0 saturated heterocycles. The molecule has 0 atom stereocenters. The molecule has 2 aromatic heterocycles. The van der Waals surface area contributed by atoms with Crippen molar-refractivity contribution in [3.63, 3.8) is 0 Å². The maximum absolute atomic E-state index is 9.29. The van der Waals surface area contributed by atoms with E-state index in [2.05, 4.69) is 218 Å². The van der Waals surface area contributed by atoms with E-state index in [0.717, 1.165) is 54.8 Å². The minimum absolute atomic E-state index is 0. The van der Waals surface area contributed by atoms with Gasteiger partial charge in [0.25, 0.3) is 0 Å². The summed E-state index contributed by atoms with van der Waals surface area (Å²) < 4.78 is 72.0. The predicted molar refractivity (Wildman–Crippen MR) is 320 cm³/mol. The summed E-state index contributed by atoms with van der Waals surface area (Å²) in [4.78, 5) is 13.8. The van der Waals surface area contributed by atoms with Crippen molar-refractivity contribution in [3.05, 3.63) is 260 Å². The topological polar surface area (TPSA) is 44.9 Å². The first-order valence-electron chi connectivity index (χ1n) is 29.7. The van der Waals surface area contributed by atoms with Crippen LogP contribution in [-0.4, -0.2) is 37.4 Å². The number of hydrogen-bond donors (Lipinski definition) is 0. The minimum atomic E-state index is -2.74. The van der Waals surface area contributed by atoms with Crippen LogP contribution in [0.4, 0.5) is 22.7 Å². The molecule has 0 amide bonds. The molecule has 0 aliphatic carbocycles. The molecule has 0 radical (unpaired) electrons. The summed E-state index contributed by atoms with van der Waals surface area (Å²) >= 11 is 0. The number of rotatable bonds is 10. The van der Waals surface area contributed by atoms with E-state index in [1.54, 1.807) is 36.4 Å². The van der Waals surface area contributed by atoms with Crippen molar-refractivity contribution < 1.29 is 35.4 Å². The zero-order valence-corrected chi connectivity index (χ0v) is 45.5. The first-order chi connectivity index (χ1) is 40.6. The van der Waals surface area contributed by atoms with Crippen LogP contribution in [0.15, 0.2) is 219 Å². The number of hydrogen-bond acceptors (Lipinski definition) is 6. The second-order valence-corrected chi connectivity index (χ2v) is 20.4. The van der Waals surface area contributed by atoms with E-state index in [1.165, 1.54) is 15.7 Å². The predicted octanol–water partition coefficient (Wildman–Crippen LogP) is 16.1. The van der Waals surface area contributed by atoms with E-state index in [9.17, 15) is 2.74 Å². The molecule has 0 spiro atoms. The van der Waals surface area contributed by atoms with Gasteiger partial charge in [-0.3, -0.25) is 0 Å². The van der Waals surface area contributed by atoms with Gasteiger partial charge in [-0.2, -0.15) is 6.07 Å². The number of allylic oxidation sites excluding steroid dienone is 8. The Morgan fingerprint density at radius 3 is 1.96 bits per heavy atom. The fraction of sp³-hybridized carbons (Fsp3) is 0.104. The quantitative estimate of drug-likeness (QED) is 0.100. The molecule has 0 saturated carbocycles. The average Bonchev–Trinajstić information content (AvgIpc) is 1.68. The summed E-state index contributed by atoms with van der Waals surface area (Å²) in [6.07, 6.45) is 25.5. The van der Waals surface area contributed by atoms with Gasteiger partial charge in [0.2, 0.25) is 5.95 Å². The van der Waals surface area contributed by atoms with Crippen molar-refractivity contribution >= 4 is 80.2 Å². The van der Waals surface area contributed by atoms with E-state index < -0.39 is 19.1 Å². The Hall–Kier alpha value is -8.45. The van der Waals surface area contributed by atoms with Crippen LogP contribution < -0.4 is 14.5 Å². The van der Waals surface area contributed by atoms with Crippen LogP contribution in [0.3, 0.4) is 0 Å². The summed E-state index contributed by atoms with van der Waals surface area (Å²) in [6, 6.07) is 41.8. The SMILES string of the molecule is [2H]c1c([2H])c([2H])c2c(c1[2H])c1ccc(Oc3[c-]c(N4[CH-]N(c5c(C6=CC=CN7C=CC=CB67)cccc5C5=CC=CN6C=CC=CB56)c5ccccc54)cc(-c4c(C(C)C)cccc4C(C)C)c3)[c-]c1n2-c1nc2ccccc2n1C([2H])([2H])[2H].[Pt]. The Labute approximate surface area is 481 Å². The van der Waals surface area contributed by atoms with Gasteiger partial charge >= 0.3 is 13.7 Å². The molecule has 382 valence electrons. The fourth-order valence-corrected chi connectivity index (χ4v) is 11.7. The summed E-state index contributed by atoms with van der Waals surface area (Å²) in [5.41, 5.74) is 13.5. The Balaban J connectivity index is 0.00000672. The Bertz CT molecular complexity index is 4410. The van der Waals surface area contributed by atoms with Gasteiger partial charge in [0.05, 0.1) is 16.5 Å². The van der Waals surface area contributed by atoms with E-state index in [0.29, 0.717) is 27.9 Å². The Morgan fingerprint density at radius 1 is 0.628 bits per heavy atom. The van der Waals surface area contributed by atoms with Crippen LogP contribution in [0.1, 0.15) is 71.4 Å². The largest absolute Gasteiger partial charge is 0.509 e. The number of para-hydroxylation sites is 6. The number of anilines is 4. The Morgan fingerprint density at radius 2 is 1.27 bits per heavy atom. The van der Waals surface area contributed by atoms with E-state index in [4.69, 9.17) is 16.6 Å². The molecule has 0 fully saturated rings. The molecule has 5 aliphatic heterocycles. The van der Waals surface area contributed by atoms with E-state index in [1.807, 2.05) is 6.07 Å². The van der Waals surface area contributed by atoms with Crippen molar-refractivity contribution in [2.24, 2.45) is 6.98 Å². The average molecular weight is 1200 g/mol. The number of aromatic nitrogens is 3. The molecule has 8 nitrogen and oxygen atoms in total. The third-order valence-corrected chi connectivity index (χ3v) is 15.2. The van der Waals surface area contributed by atoms with Crippen molar-refractivity contribution in [1.29, 1.82) is 0 Å². The van der Waals surface area contributed by atoms with Crippen LogP contribution in [0, 0.1) is 18.8 Å². The minimum Gasteiger partial charge on any atom is -0.509 e. The van der Waals surface area contributed by atoms with Crippen LogP contribution in [0.25, 0.3) is 60.9 Å². The van der Waals surface area contributed by atoms with Crippen molar-refractivity contribution in [2.45, 2.75) is 39.5 Å². The maximum atomic E-state index is 9.29. The Kier molecular flexibility index (Phi) is 10.6. The summed E-state index contributed by atoms with van der Waals surface area (Å²) in [7, 11) is 0. The first-order valence-corrected chi connectivity index (χ1v) is 26.2. The third kappa shape index (κ3) is 8.15. The molecule has 0 bridgehead atoms. The second-order valence-electron chi connectivity index (χ2n) is 20.4. The maximum Gasteiger partial charge on any atom is 0.320 e. The number of nitrogens with zero attached hydrogens (tertiary/aromatic N) is 7. The molecule has 7 heterocycles. The molecular formula is C67H54B2N7OPt-3. The third-order valence-electron chi connectivity index (χ3n) is 15.2. The molecule has 14 rings (SSSR count). The van der Waals surface area contributed by atoms with Gasteiger partial charge in [0.15, 0.2) is 0 Å². The smallest absolute Gasteiger partial charge is 0.320 e. The number of aryl methyl sites for hydroxylation is 1. The first kappa shape index (κ1) is 41.7. The van der Waals surface area contributed by atoms with Crippen molar-refractivity contribution in [3.8, 4) is 28.6 Å². The normalized spacial score (nSPS) is 16.7. The molecule has 0 N–H and O–H groups in total. The number of benzene rings is 7. The van der Waals surface area contributed by atoms with Crippen LogP contribution in [-0.2, 0) is 28.0 Å². The van der Waals surface area contributed by atoms with Gasteiger partial charge in [-0.25, -0.2) is 4.98 Å².